The summed E-state index contributed by atoms with van der Waals surface area (Å²) < 4.78 is 5.62. The second kappa shape index (κ2) is 9.37. The van der Waals surface area contributed by atoms with Crippen LogP contribution in [0.4, 0.5) is 5.82 Å². The van der Waals surface area contributed by atoms with E-state index >= 15 is 0 Å². The largest absolute Gasteiger partial charge is 0.375 e. The van der Waals surface area contributed by atoms with E-state index in [1.165, 1.54) is 16.7 Å². The summed E-state index contributed by atoms with van der Waals surface area (Å²) in [7, 11) is 1.79. The summed E-state index contributed by atoms with van der Waals surface area (Å²) in [5.41, 5.74) is 3.68. The molecule has 2 aromatic rings. The molecule has 1 fully saturated rings. The fourth-order valence-electron chi connectivity index (χ4n) is 3.07. The van der Waals surface area contributed by atoms with E-state index in [4.69, 9.17) is 4.74 Å². The fourth-order valence-corrected chi connectivity index (χ4v) is 3.07. The Morgan fingerprint density at radius 2 is 1.93 bits per heavy atom. The minimum absolute atomic E-state index is 0.243. The highest BCUT2D eigenvalue weighted by Crippen LogP contribution is 2.16. The highest BCUT2D eigenvalue weighted by atomic mass is 16.5. The Morgan fingerprint density at radius 1 is 1.19 bits per heavy atom. The number of nitrogens with one attached hydrogen (secondary N) is 2. The third kappa shape index (κ3) is 5.69. The van der Waals surface area contributed by atoms with Crippen LogP contribution in [0.5, 0.6) is 0 Å². The Labute approximate surface area is 161 Å². The number of ether oxygens (including phenoxy) is 1. The molecule has 0 radical (unpaired) electrons. The summed E-state index contributed by atoms with van der Waals surface area (Å²) in [6.07, 6.45) is 2.11. The summed E-state index contributed by atoms with van der Waals surface area (Å²) in [6, 6.07) is 12.7. The van der Waals surface area contributed by atoms with Crippen LogP contribution in [0.3, 0.4) is 0 Å². The number of aromatic nitrogens is 1. The maximum Gasteiger partial charge on any atom is 0.191 e. The van der Waals surface area contributed by atoms with E-state index in [-0.39, 0.29) is 6.10 Å². The Bertz CT molecular complexity index is 759. The lowest BCUT2D eigenvalue weighted by molar-refractivity contribution is 0.0529. The quantitative estimate of drug-likeness (QED) is 0.628. The van der Waals surface area contributed by atoms with Crippen molar-refractivity contribution in [1.29, 1.82) is 0 Å². The van der Waals surface area contributed by atoms with Gasteiger partial charge in [0, 0.05) is 39.4 Å². The van der Waals surface area contributed by atoms with Gasteiger partial charge in [0.2, 0.25) is 0 Å². The summed E-state index contributed by atoms with van der Waals surface area (Å²) in [4.78, 5) is 11.1. The molecular weight excluding hydrogens is 338 g/mol. The maximum absolute atomic E-state index is 5.62. The number of pyridine rings is 1. The lowest BCUT2D eigenvalue weighted by Gasteiger charge is -2.32. The van der Waals surface area contributed by atoms with Crippen molar-refractivity contribution in [2.75, 3.05) is 31.6 Å². The number of morpholine rings is 1. The van der Waals surface area contributed by atoms with E-state index in [1.807, 2.05) is 12.3 Å². The molecular formula is C21H29N5O. The van der Waals surface area contributed by atoms with Gasteiger partial charge in [-0.15, -0.1) is 0 Å². The minimum atomic E-state index is 0.243. The van der Waals surface area contributed by atoms with Crippen LogP contribution in [0.2, 0.25) is 0 Å². The van der Waals surface area contributed by atoms with Crippen LogP contribution in [0, 0.1) is 6.92 Å². The SMILES string of the molecule is CN=C(NCc1ccc(C)cc1)NCc1ccnc(N2CCOC(C)C2)c1. The van der Waals surface area contributed by atoms with Crippen molar-refractivity contribution in [2.45, 2.75) is 33.0 Å². The zero-order chi connectivity index (χ0) is 19.1. The van der Waals surface area contributed by atoms with Crippen molar-refractivity contribution in [3.63, 3.8) is 0 Å². The van der Waals surface area contributed by atoms with Gasteiger partial charge >= 0.3 is 0 Å². The molecule has 1 aromatic heterocycles. The Kier molecular flexibility index (Phi) is 6.65. The van der Waals surface area contributed by atoms with Crippen molar-refractivity contribution in [3.8, 4) is 0 Å². The van der Waals surface area contributed by atoms with E-state index in [9.17, 15) is 0 Å². The van der Waals surface area contributed by atoms with Crippen LogP contribution in [0.25, 0.3) is 0 Å². The molecule has 1 atom stereocenters. The molecule has 0 amide bonds. The lowest BCUT2D eigenvalue weighted by atomic mass is 10.1. The van der Waals surface area contributed by atoms with Gasteiger partial charge in [-0.3, -0.25) is 4.99 Å². The van der Waals surface area contributed by atoms with E-state index in [0.29, 0.717) is 6.54 Å². The standard InChI is InChI=1S/C21H29N5O/c1-16-4-6-18(7-5-16)13-24-21(22-3)25-14-19-8-9-23-20(12-19)26-10-11-27-17(2)15-26/h4-9,12,17H,10-11,13-15H2,1-3H3,(H2,22,24,25). The molecule has 1 saturated heterocycles. The van der Waals surface area contributed by atoms with Crippen molar-refractivity contribution >= 4 is 11.8 Å². The molecule has 6 nitrogen and oxygen atoms in total. The molecule has 0 aliphatic carbocycles. The van der Waals surface area contributed by atoms with Gasteiger partial charge in [0.05, 0.1) is 12.7 Å². The van der Waals surface area contributed by atoms with Gasteiger partial charge in [-0.1, -0.05) is 29.8 Å². The van der Waals surface area contributed by atoms with E-state index < -0.39 is 0 Å². The van der Waals surface area contributed by atoms with Crippen LogP contribution in [-0.2, 0) is 17.8 Å². The Hall–Kier alpha value is -2.60. The van der Waals surface area contributed by atoms with Crippen molar-refractivity contribution in [1.82, 2.24) is 15.6 Å². The lowest BCUT2D eigenvalue weighted by Crippen LogP contribution is -2.41. The first kappa shape index (κ1) is 19.2. The number of anilines is 1. The van der Waals surface area contributed by atoms with Gasteiger partial charge in [0.1, 0.15) is 5.82 Å². The Morgan fingerprint density at radius 3 is 2.63 bits per heavy atom. The van der Waals surface area contributed by atoms with Crippen molar-refractivity contribution in [3.05, 3.63) is 59.3 Å². The van der Waals surface area contributed by atoms with E-state index in [1.54, 1.807) is 7.05 Å². The number of hydrogen-bond donors (Lipinski definition) is 2. The van der Waals surface area contributed by atoms with Crippen molar-refractivity contribution < 1.29 is 4.74 Å². The third-order valence-corrected chi connectivity index (χ3v) is 4.64. The van der Waals surface area contributed by atoms with Gasteiger partial charge in [0.25, 0.3) is 0 Å². The highest BCUT2D eigenvalue weighted by molar-refractivity contribution is 5.79. The number of aliphatic imine (C=N–C) groups is 1. The van der Waals surface area contributed by atoms with E-state index in [0.717, 1.165) is 38.0 Å². The topological polar surface area (TPSA) is 61.8 Å². The average Bonchev–Trinajstić information content (AvgIpc) is 2.70. The molecule has 1 aliphatic rings. The van der Waals surface area contributed by atoms with Crippen LogP contribution >= 0.6 is 0 Å². The molecule has 2 heterocycles. The number of nitrogens with zero attached hydrogens (tertiary/aromatic N) is 3. The zero-order valence-corrected chi connectivity index (χ0v) is 16.4. The molecule has 1 aliphatic heterocycles. The summed E-state index contributed by atoms with van der Waals surface area (Å²) in [5.74, 6) is 1.79. The Balaban J connectivity index is 1.53. The average molecular weight is 367 g/mol. The predicted molar refractivity (Wildman–Crippen MR) is 110 cm³/mol. The second-order valence-corrected chi connectivity index (χ2v) is 6.91. The van der Waals surface area contributed by atoms with Crippen LogP contribution in [-0.4, -0.2) is 43.8 Å². The molecule has 2 N–H and O–H groups in total. The zero-order valence-electron chi connectivity index (χ0n) is 16.4. The molecule has 0 bridgehead atoms. The molecule has 3 rings (SSSR count). The molecule has 27 heavy (non-hydrogen) atoms. The van der Waals surface area contributed by atoms with Crippen LogP contribution in [0.1, 0.15) is 23.6 Å². The number of benzene rings is 1. The molecule has 0 spiro atoms. The first-order valence-corrected chi connectivity index (χ1v) is 9.45. The van der Waals surface area contributed by atoms with Crippen LogP contribution < -0.4 is 15.5 Å². The number of aryl methyl sites for hydroxylation is 1. The van der Waals surface area contributed by atoms with Crippen LogP contribution in [0.15, 0.2) is 47.6 Å². The van der Waals surface area contributed by atoms with Crippen molar-refractivity contribution in [2.24, 2.45) is 4.99 Å². The molecule has 0 saturated carbocycles. The van der Waals surface area contributed by atoms with Gasteiger partial charge in [-0.25, -0.2) is 4.98 Å². The summed E-state index contributed by atoms with van der Waals surface area (Å²) >= 11 is 0. The number of guanidine groups is 1. The number of hydrogen-bond acceptors (Lipinski definition) is 4. The third-order valence-electron chi connectivity index (χ3n) is 4.64. The predicted octanol–water partition coefficient (Wildman–Crippen LogP) is 2.48. The highest BCUT2D eigenvalue weighted by Gasteiger charge is 2.18. The normalized spacial score (nSPS) is 17.7. The first-order chi connectivity index (χ1) is 13.1. The van der Waals surface area contributed by atoms with Gasteiger partial charge < -0.3 is 20.3 Å². The smallest absolute Gasteiger partial charge is 0.191 e. The minimum Gasteiger partial charge on any atom is -0.375 e. The molecule has 1 aromatic carbocycles. The summed E-state index contributed by atoms with van der Waals surface area (Å²) in [6.45, 7) is 8.15. The second-order valence-electron chi connectivity index (χ2n) is 6.91. The van der Waals surface area contributed by atoms with Gasteiger partial charge in [-0.05, 0) is 37.1 Å². The fraction of sp³-hybridized carbons (Fsp3) is 0.429. The van der Waals surface area contributed by atoms with Gasteiger partial charge in [-0.2, -0.15) is 0 Å². The number of rotatable bonds is 5. The van der Waals surface area contributed by atoms with Gasteiger partial charge in [0.15, 0.2) is 5.96 Å². The molecule has 1 unspecified atom stereocenters. The summed E-state index contributed by atoms with van der Waals surface area (Å²) in [5, 5.41) is 6.73. The first-order valence-electron chi connectivity index (χ1n) is 9.45. The van der Waals surface area contributed by atoms with E-state index in [2.05, 4.69) is 69.7 Å². The molecule has 144 valence electrons. The molecule has 6 heteroatoms. The maximum atomic E-state index is 5.62. The monoisotopic (exact) mass is 367 g/mol.